The minimum Gasteiger partial charge on any atom is -0.336 e. The fraction of sp³-hybridized carbons (Fsp3) is 0.350. The van der Waals surface area contributed by atoms with Gasteiger partial charge >= 0.3 is 0 Å². The molecule has 1 saturated heterocycles. The molecular weight excluding hydrogens is 384 g/mol. The second-order valence-electron chi connectivity index (χ2n) is 6.93. The molecule has 0 N–H and O–H groups in total. The van der Waals surface area contributed by atoms with Gasteiger partial charge in [0.15, 0.2) is 0 Å². The maximum absolute atomic E-state index is 12.9. The Kier molecular flexibility index (Phi) is 5.89. The molecule has 1 aliphatic rings. The Hall–Kier alpha value is -1.89. The van der Waals surface area contributed by atoms with Crippen molar-refractivity contribution in [2.45, 2.75) is 24.7 Å². The van der Waals surface area contributed by atoms with Crippen LogP contribution in [0.5, 0.6) is 0 Å². The standard InChI is InChI=1S/C20H23ClN2O3S/c1-15(2)16-5-9-19(10-6-16)27(25,26)23-13-11-22(12-14-23)20(24)17-3-7-18(21)8-4-17/h3-10,15H,11-14H2,1-2H3. The van der Waals surface area contributed by atoms with Gasteiger partial charge in [-0.25, -0.2) is 8.42 Å². The monoisotopic (exact) mass is 406 g/mol. The second kappa shape index (κ2) is 8.00. The third-order valence-corrected chi connectivity index (χ3v) is 6.97. The summed E-state index contributed by atoms with van der Waals surface area (Å²) in [6.45, 7) is 5.44. The highest BCUT2D eigenvalue weighted by Crippen LogP contribution is 2.22. The zero-order valence-corrected chi connectivity index (χ0v) is 17.0. The number of sulfonamides is 1. The number of benzene rings is 2. The summed E-state index contributed by atoms with van der Waals surface area (Å²) in [5.41, 5.74) is 1.66. The first-order valence-corrected chi connectivity index (χ1v) is 10.8. The number of rotatable bonds is 4. The van der Waals surface area contributed by atoms with Gasteiger partial charge < -0.3 is 4.90 Å². The lowest BCUT2D eigenvalue weighted by molar-refractivity contribution is 0.0698. The van der Waals surface area contributed by atoms with Gasteiger partial charge in [-0.05, 0) is 47.9 Å². The molecule has 1 aliphatic heterocycles. The van der Waals surface area contributed by atoms with E-state index in [-0.39, 0.29) is 19.0 Å². The molecule has 0 unspecified atom stereocenters. The van der Waals surface area contributed by atoms with E-state index < -0.39 is 10.0 Å². The van der Waals surface area contributed by atoms with E-state index in [0.717, 1.165) is 5.56 Å². The summed E-state index contributed by atoms with van der Waals surface area (Å²) in [7, 11) is -3.55. The number of carbonyl (C=O) groups excluding carboxylic acids is 1. The Morgan fingerprint density at radius 1 is 0.926 bits per heavy atom. The molecule has 0 bridgehead atoms. The molecule has 1 fully saturated rings. The lowest BCUT2D eigenvalue weighted by Gasteiger charge is -2.34. The van der Waals surface area contributed by atoms with Crippen LogP contribution in [0.1, 0.15) is 35.7 Å². The van der Waals surface area contributed by atoms with Crippen LogP contribution in [-0.4, -0.2) is 49.7 Å². The molecule has 1 heterocycles. The van der Waals surface area contributed by atoms with E-state index in [0.29, 0.717) is 34.5 Å². The molecule has 0 radical (unpaired) electrons. The van der Waals surface area contributed by atoms with Gasteiger partial charge in [0.05, 0.1) is 4.90 Å². The third kappa shape index (κ3) is 4.34. The van der Waals surface area contributed by atoms with Crippen LogP contribution in [0.25, 0.3) is 0 Å². The highest BCUT2D eigenvalue weighted by atomic mass is 35.5. The molecule has 144 valence electrons. The molecule has 3 rings (SSSR count). The van der Waals surface area contributed by atoms with Gasteiger partial charge in [-0.1, -0.05) is 37.6 Å². The fourth-order valence-electron chi connectivity index (χ4n) is 3.08. The molecule has 1 amide bonds. The summed E-state index contributed by atoms with van der Waals surface area (Å²) >= 11 is 5.86. The van der Waals surface area contributed by atoms with Gasteiger partial charge in [-0.2, -0.15) is 4.31 Å². The molecule has 2 aromatic rings. The smallest absolute Gasteiger partial charge is 0.253 e. The Morgan fingerprint density at radius 3 is 2.00 bits per heavy atom. The molecular formula is C20H23ClN2O3S. The van der Waals surface area contributed by atoms with E-state index in [4.69, 9.17) is 11.6 Å². The fourth-order valence-corrected chi connectivity index (χ4v) is 4.63. The zero-order chi connectivity index (χ0) is 19.6. The van der Waals surface area contributed by atoms with E-state index >= 15 is 0 Å². The average Bonchev–Trinajstić information content (AvgIpc) is 2.68. The lowest BCUT2D eigenvalue weighted by atomic mass is 10.0. The van der Waals surface area contributed by atoms with Crippen LogP contribution in [0.4, 0.5) is 0 Å². The Bertz CT molecular complexity index is 901. The first-order chi connectivity index (χ1) is 12.8. The van der Waals surface area contributed by atoms with Crippen molar-refractivity contribution in [3.8, 4) is 0 Å². The maximum atomic E-state index is 12.9. The predicted molar refractivity (Wildman–Crippen MR) is 107 cm³/mol. The van der Waals surface area contributed by atoms with Crippen molar-refractivity contribution in [3.63, 3.8) is 0 Å². The van der Waals surface area contributed by atoms with Gasteiger partial charge in [0, 0.05) is 36.8 Å². The average molecular weight is 407 g/mol. The van der Waals surface area contributed by atoms with E-state index in [1.54, 1.807) is 41.3 Å². The summed E-state index contributed by atoms with van der Waals surface area (Å²) in [5, 5.41) is 0.575. The van der Waals surface area contributed by atoms with E-state index in [9.17, 15) is 13.2 Å². The molecule has 0 atom stereocenters. The molecule has 0 saturated carbocycles. The van der Waals surface area contributed by atoms with Crippen LogP contribution < -0.4 is 0 Å². The van der Waals surface area contributed by atoms with Crippen molar-refractivity contribution in [2.24, 2.45) is 0 Å². The molecule has 27 heavy (non-hydrogen) atoms. The number of piperazine rings is 1. The molecule has 2 aromatic carbocycles. The number of hydrogen-bond donors (Lipinski definition) is 0. The number of hydrogen-bond acceptors (Lipinski definition) is 3. The second-order valence-corrected chi connectivity index (χ2v) is 9.30. The Labute approximate surface area is 165 Å². The first-order valence-electron chi connectivity index (χ1n) is 8.94. The minimum absolute atomic E-state index is 0.106. The molecule has 7 heteroatoms. The van der Waals surface area contributed by atoms with Crippen LogP contribution in [0.3, 0.4) is 0 Å². The molecule has 0 aromatic heterocycles. The Balaban J connectivity index is 1.67. The van der Waals surface area contributed by atoms with Crippen LogP contribution in [0.15, 0.2) is 53.4 Å². The summed E-state index contributed by atoms with van der Waals surface area (Å²) in [5.74, 6) is 0.245. The van der Waals surface area contributed by atoms with Crippen molar-refractivity contribution >= 4 is 27.5 Å². The summed E-state index contributed by atoms with van der Waals surface area (Å²) in [4.78, 5) is 14.5. The largest absolute Gasteiger partial charge is 0.336 e. The van der Waals surface area contributed by atoms with Crippen molar-refractivity contribution in [3.05, 3.63) is 64.7 Å². The minimum atomic E-state index is -3.55. The van der Waals surface area contributed by atoms with E-state index in [2.05, 4.69) is 13.8 Å². The SMILES string of the molecule is CC(C)c1ccc(S(=O)(=O)N2CCN(C(=O)c3ccc(Cl)cc3)CC2)cc1. The van der Waals surface area contributed by atoms with Gasteiger partial charge in [0.1, 0.15) is 0 Å². The van der Waals surface area contributed by atoms with Crippen LogP contribution in [-0.2, 0) is 10.0 Å². The van der Waals surface area contributed by atoms with Crippen LogP contribution >= 0.6 is 11.6 Å². The lowest BCUT2D eigenvalue weighted by Crippen LogP contribution is -2.50. The van der Waals surface area contributed by atoms with Crippen LogP contribution in [0, 0.1) is 0 Å². The molecule has 0 aliphatic carbocycles. The highest BCUT2D eigenvalue weighted by molar-refractivity contribution is 7.89. The molecule has 5 nitrogen and oxygen atoms in total. The number of nitrogens with zero attached hydrogens (tertiary/aromatic N) is 2. The number of carbonyl (C=O) groups is 1. The van der Waals surface area contributed by atoms with Gasteiger partial charge in [0.25, 0.3) is 5.91 Å². The van der Waals surface area contributed by atoms with E-state index in [1.165, 1.54) is 4.31 Å². The van der Waals surface area contributed by atoms with Crippen molar-refractivity contribution in [1.82, 2.24) is 9.21 Å². The summed E-state index contributed by atoms with van der Waals surface area (Å²) in [6, 6.07) is 13.8. The number of halogens is 1. The van der Waals surface area contributed by atoms with Gasteiger partial charge in [-0.3, -0.25) is 4.79 Å². The summed E-state index contributed by atoms with van der Waals surface area (Å²) < 4.78 is 27.2. The van der Waals surface area contributed by atoms with Gasteiger partial charge in [-0.15, -0.1) is 0 Å². The molecule has 0 spiro atoms. The quantitative estimate of drug-likeness (QED) is 0.779. The van der Waals surface area contributed by atoms with Gasteiger partial charge in [0.2, 0.25) is 10.0 Å². The summed E-state index contributed by atoms with van der Waals surface area (Å²) in [6.07, 6.45) is 0. The first kappa shape index (κ1) is 19.9. The number of amides is 1. The highest BCUT2D eigenvalue weighted by Gasteiger charge is 2.30. The van der Waals surface area contributed by atoms with Crippen molar-refractivity contribution in [1.29, 1.82) is 0 Å². The van der Waals surface area contributed by atoms with Crippen molar-refractivity contribution < 1.29 is 13.2 Å². The van der Waals surface area contributed by atoms with Crippen LogP contribution in [0.2, 0.25) is 5.02 Å². The topological polar surface area (TPSA) is 57.7 Å². The van der Waals surface area contributed by atoms with Crippen molar-refractivity contribution in [2.75, 3.05) is 26.2 Å². The zero-order valence-electron chi connectivity index (χ0n) is 15.4. The maximum Gasteiger partial charge on any atom is 0.253 e. The Morgan fingerprint density at radius 2 is 1.48 bits per heavy atom. The normalized spacial score (nSPS) is 15.9. The van der Waals surface area contributed by atoms with E-state index in [1.807, 2.05) is 12.1 Å². The predicted octanol–water partition coefficient (Wildman–Crippen LogP) is 3.61. The third-order valence-electron chi connectivity index (χ3n) is 4.80.